The molecule has 0 spiro atoms. The summed E-state index contributed by atoms with van der Waals surface area (Å²) in [6.45, 7) is 2.08. The first kappa shape index (κ1) is 16.3. The van der Waals surface area contributed by atoms with Crippen LogP contribution in [0.1, 0.15) is 30.0 Å². The normalized spacial score (nSPS) is 14.0. The van der Waals surface area contributed by atoms with E-state index in [0.29, 0.717) is 16.9 Å². The number of aromatic amines is 1. The Morgan fingerprint density at radius 3 is 2.74 bits per heavy atom. The van der Waals surface area contributed by atoms with Crippen LogP contribution in [-0.2, 0) is 0 Å². The molecule has 1 fully saturated rings. The molecule has 2 aromatic carbocycles. The average molecular weight is 373 g/mol. The molecule has 1 aliphatic carbocycles. The standard InChI is InChI=1S/C21H19N5S/c1-12-4-2-5-14(10-12)27-21-23-16-7-3-6-15(19(16)20(22)24-21)18-11-17(25-26-18)13-8-9-13/h2-7,10-11,13H,8-9H2,1H3,(H,25,26)(H2,22,23,24). The number of anilines is 1. The Balaban J connectivity index is 1.56. The van der Waals surface area contributed by atoms with Crippen molar-refractivity contribution in [3.05, 3.63) is 59.8 Å². The van der Waals surface area contributed by atoms with Crippen LogP contribution < -0.4 is 5.73 Å². The van der Waals surface area contributed by atoms with E-state index in [-0.39, 0.29) is 0 Å². The van der Waals surface area contributed by atoms with E-state index >= 15 is 0 Å². The number of H-pyrrole nitrogens is 1. The van der Waals surface area contributed by atoms with Crippen LogP contribution in [0.3, 0.4) is 0 Å². The van der Waals surface area contributed by atoms with Gasteiger partial charge >= 0.3 is 0 Å². The van der Waals surface area contributed by atoms with Crippen LogP contribution in [0.15, 0.2) is 58.6 Å². The van der Waals surface area contributed by atoms with Crippen LogP contribution in [0.4, 0.5) is 5.82 Å². The lowest BCUT2D eigenvalue weighted by atomic mass is 10.1. The minimum absolute atomic E-state index is 0.488. The second-order valence-corrected chi connectivity index (χ2v) is 8.03. The van der Waals surface area contributed by atoms with E-state index in [4.69, 9.17) is 10.7 Å². The maximum Gasteiger partial charge on any atom is 0.194 e. The SMILES string of the molecule is Cc1cccc(Sc2nc(N)c3c(-c4cc(C5CC5)[nH]n4)cccc3n2)c1. The Morgan fingerprint density at radius 2 is 1.93 bits per heavy atom. The van der Waals surface area contributed by atoms with Gasteiger partial charge in [-0.3, -0.25) is 5.10 Å². The number of nitrogen functional groups attached to an aromatic ring is 1. The fourth-order valence-electron chi connectivity index (χ4n) is 3.31. The number of aromatic nitrogens is 4. The Hall–Kier alpha value is -2.86. The monoisotopic (exact) mass is 373 g/mol. The van der Waals surface area contributed by atoms with Gasteiger partial charge in [0.25, 0.3) is 0 Å². The first-order chi connectivity index (χ1) is 13.2. The van der Waals surface area contributed by atoms with E-state index in [2.05, 4.69) is 46.4 Å². The van der Waals surface area contributed by atoms with Crippen LogP contribution in [0.5, 0.6) is 0 Å². The summed E-state index contributed by atoms with van der Waals surface area (Å²) >= 11 is 1.52. The fourth-order valence-corrected chi connectivity index (χ4v) is 4.20. The Kier molecular flexibility index (Phi) is 3.86. The number of benzene rings is 2. The minimum Gasteiger partial charge on any atom is -0.383 e. The van der Waals surface area contributed by atoms with Crippen molar-refractivity contribution in [3.63, 3.8) is 0 Å². The molecule has 27 heavy (non-hydrogen) atoms. The van der Waals surface area contributed by atoms with Gasteiger partial charge in [0.15, 0.2) is 5.16 Å². The molecule has 134 valence electrons. The van der Waals surface area contributed by atoms with Crippen molar-refractivity contribution in [1.82, 2.24) is 20.2 Å². The third-order valence-corrected chi connectivity index (χ3v) is 5.68. The van der Waals surface area contributed by atoms with E-state index in [1.807, 2.05) is 24.3 Å². The molecule has 0 amide bonds. The molecule has 5 nitrogen and oxygen atoms in total. The second kappa shape index (κ2) is 6.39. The van der Waals surface area contributed by atoms with Crippen LogP contribution in [0.25, 0.3) is 22.2 Å². The Morgan fingerprint density at radius 1 is 1.07 bits per heavy atom. The molecule has 5 rings (SSSR count). The van der Waals surface area contributed by atoms with Crippen molar-refractivity contribution >= 4 is 28.5 Å². The zero-order valence-corrected chi connectivity index (χ0v) is 15.8. The van der Waals surface area contributed by atoms with Crippen molar-refractivity contribution in [2.75, 3.05) is 5.73 Å². The van der Waals surface area contributed by atoms with E-state index in [9.17, 15) is 0 Å². The number of fused-ring (bicyclic) bond motifs is 1. The van der Waals surface area contributed by atoms with Gasteiger partial charge in [-0.15, -0.1) is 0 Å². The maximum absolute atomic E-state index is 6.36. The molecule has 1 saturated carbocycles. The zero-order chi connectivity index (χ0) is 18.4. The lowest BCUT2D eigenvalue weighted by molar-refractivity contribution is 0.967. The van der Waals surface area contributed by atoms with Gasteiger partial charge in [0.1, 0.15) is 5.82 Å². The molecule has 0 bridgehead atoms. The van der Waals surface area contributed by atoms with Gasteiger partial charge < -0.3 is 5.73 Å². The van der Waals surface area contributed by atoms with E-state index in [1.165, 1.54) is 35.9 Å². The number of hydrogen-bond donors (Lipinski definition) is 2. The summed E-state index contributed by atoms with van der Waals surface area (Å²) in [6.07, 6.45) is 2.48. The van der Waals surface area contributed by atoms with Crippen LogP contribution >= 0.6 is 11.8 Å². The third kappa shape index (κ3) is 3.17. The minimum atomic E-state index is 0.488. The summed E-state index contributed by atoms with van der Waals surface area (Å²) in [6, 6.07) is 16.4. The van der Waals surface area contributed by atoms with Crippen LogP contribution in [-0.4, -0.2) is 20.2 Å². The molecular formula is C21H19N5S. The number of hydrogen-bond acceptors (Lipinski definition) is 5. The van der Waals surface area contributed by atoms with E-state index in [1.54, 1.807) is 0 Å². The van der Waals surface area contributed by atoms with Crippen molar-refractivity contribution in [3.8, 4) is 11.3 Å². The lowest BCUT2D eigenvalue weighted by Gasteiger charge is -2.08. The number of rotatable bonds is 4. The number of nitrogens with one attached hydrogen (secondary N) is 1. The molecule has 0 atom stereocenters. The molecule has 0 unspecified atom stereocenters. The summed E-state index contributed by atoms with van der Waals surface area (Å²) in [5.41, 5.74) is 11.5. The molecular weight excluding hydrogens is 354 g/mol. The molecule has 3 N–H and O–H groups in total. The summed E-state index contributed by atoms with van der Waals surface area (Å²) in [4.78, 5) is 10.4. The van der Waals surface area contributed by atoms with E-state index in [0.717, 1.165) is 27.1 Å². The van der Waals surface area contributed by atoms with Crippen molar-refractivity contribution < 1.29 is 0 Å². The smallest absolute Gasteiger partial charge is 0.194 e. The van der Waals surface area contributed by atoms with Gasteiger partial charge in [-0.2, -0.15) is 5.10 Å². The largest absolute Gasteiger partial charge is 0.383 e. The molecule has 0 radical (unpaired) electrons. The third-order valence-electron chi connectivity index (χ3n) is 4.82. The van der Waals surface area contributed by atoms with Gasteiger partial charge in [0.05, 0.1) is 16.6 Å². The quantitative estimate of drug-likeness (QED) is 0.495. The second-order valence-electron chi connectivity index (χ2n) is 6.99. The van der Waals surface area contributed by atoms with Crippen LogP contribution in [0, 0.1) is 6.92 Å². The molecule has 4 aromatic rings. The first-order valence-corrected chi connectivity index (χ1v) is 9.85. The van der Waals surface area contributed by atoms with E-state index < -0.39 is 0 Å². The lowest BCUT2D eigenvalue weighted by Crippen LogP contribution is -1.98. The average Bonchev–Trinajstić information content (AvgIpc) is 3.38. The molecule has 0 aliphatic heterocycles. The summed E-state index contributed by atoms with van der Waals surface area (Å²) in [7, 11) is 0. The van der Waals surface area contributed by atoms with Crippen molar-refractivity contribution in [1.29, 1.82) is 0 Å². The molecule has 0 saturated heterocycles. The van der Waals surface area contributed by atoms with Gasteiger partial charge in [-0.1, -0.05) is 29.8 Å². The van der Waals surface area contributed by atoms with Gasteiger partial charge in [0.2, 0.25) is 0 Å². The van der Waals surface area contributed by atoms with Crippen molar-refractivity contribution in [2.45, 2.75) is 35.7 Å². The zero-order valence-electron chi connectivity index (χ0n) is 14.9. The van der Waals surface area contributed by atoms with Gasteiger partial charge in [-0.25, -0.2) is 9.97 Å². The highest BCUT2D eigenvalue weighted by Crippen LogP contribution is 2.41. The van der Waals surface area contributed by atoms with Crippen LogP contribution in [0.2, 0.25) is 0 Å². The first-order valence-electron chi connectivity index (χ1n) is 9.04. The van der Waals surface area contributed by atoms with Gasteiger partial charge in [-0.05, 0) is 55.8 Å². The highest BCUT2D eigenvalue weighted by atomic mass is 32.2. The van der Waals surface area contributed by atoms with Crippen molar-refractivity contribution in [2.24, 2.45) is 0 Å². The van der Waals surface area contributed by atoms with Gasteiger partial charge in [0, 0.05) is 22.1 Å². The number of nitrogens with two attached hydrogens (primary N) is 1. The highest BCUT2D eigenvalue weighted by molar-refractivity contribution is 7.99. The molecule has 6 heteroatoms. The predicted molar refractivity (Wildman–Crippen MR) is 109 cm³/mol. The molecule has 2 heterocycles. The maximum atomic E-state index is 6.36. The Bertz CT molecular complexity index is 1150. The number of aryl methyl sites for hydroxylation is 1. The topological polar surface area (TPSA) is 80.5 Å². The molecule has 1 aliphatic rings. The number of nitrogens with zero attached hydrogens (tertiary/aromatic N) is 3. The predicted octanol–water partition coefficient (Wildman–Crippen LogP) is 4.94. The highest BCUT2D eigenvalue weighted by Gasteiger charge is 2.26. The summed E-state index contributed by atoms with van der Waals surface area (Å²) < 4.78 is 0. The fraction of sp³-hybridized carbons (Fsp3) is 0.190. The Labute approximate surface area is 161 Å². The summed E-state index contributed by atoms with van der Waals surface area (Å²) in [5.74, 6) is 1.12. The summed E-state index contributed by atoms with van der Waals surface area (Å²) in [5, 5.41) is 9.18. The molecule has 2 aromatic heterocycles.